The summed E-state index contributed by atoms with van der Waals surface area (Å²) in [6, 6.07) is 16.1. The van der Waals surface area contributed by atoms with Crippen LogP contribution >= 0.6 is 0 Å². The van der Waals surface area contributed by atoms with Crippen molar-refractivity contribution in [3.63, 3.8) is 0 Å². The molecule has 0 bridgehead atoms. The van der Waals surface area contributed by atoms with E-state index in [0.717, 1.165) is 16.8 Å². The lowest BCUT2D eigenvalue weighted by Crippen LogP contribution is -2.27. The van der Waals surface area contributed by atoms with Crippen molar-refractivity contribution in [1.82, 2.24) is 10.1 Å². The summed E-state index contributed by atoms with van der Waals surface area (Å²) in [4.78, 5) is 17.2. The van der Waals surface area contributed by atoms with Gasteiger partial charge in [0.05, 0.1) is 0 Å². The Morgan fingerprint density at radius 1 is 1.07 bits per heavy atom. The topological polar surface area (TPSA) is 93.2 Å². The van der Waals surface area contributed by atoms with Crippen molar-refractivity contribution in [2.24, 2.45) is 0 Å². The van der Waals surface area contributed by atoms with Gasteiger partial charge in [0.15, 0.2) is 17.3 Å². The Kier molecular flexibility index (Phi) is 4.33. The molecular weight excluding hydrogens is 344 g/mol. The van der Waals surface area contributed by atoms with Gasteiger partial charge in [-0.15, -0.1) is 0 Å². The summed E-state index contributed by atoms with van der Waals surface area (Å²) in [6.45, 7) is 3.57. The van der Waals surface area contributed by atoms with E-state index in [9.17, 15) is 4.79 Å². The van der Waals surface area contributed by atoms with Crippen LogP contribution in [0.5, 0.6) is 0 Å². The highest BCUT2D eigenvalue weighted by Crippen LogP contribution is 2.25. The van der Waals surface area contributed by atoms with Crippen LogP contribution in [0, 0.1) is 13.8 Å². The van der Waals surface area contributed by atoms with Crippen LogP contribution < -0.4 is 10.6 Å². The zero-order chi connectivity index (χ0) is 18.8. The molecule has 4 aromatic rings. The van der Waals surface area contributed by atoms with E-state index in [2.05, 4.69) is 20.8 Å². The Bertz CT molecular complexity index is 1090. The molecule has 0 saturated heterocycles. The molecule has 2 aromatic heterocycles. The van der Waals surface area contributed by atoms with Crippen LogP contribution in [0.2, 0.25) is 0 Å². The average Bonchev–Trinajstić information content (AvgIpc) is 3.24. The van der Waals surface area contributed by atoms with Crippen LogP contribution in [0.25, 0.3) is 11.1 Å². The second kappa shape index (κ2) is 6.95. The number of nitrogens with one attached hydrogen (secondary N) is 2. The maximum atomic E-state index is 12.9. The predicted octanol–water partition coefficient (Wildman–Crippen LogP) is 4.22. The van der Waals surface area contributed by atoms with Gasteiger partial charge in [-0.3, -0.25) is 4.79 Å². The number of hydrogen-bond donors (Lipinski definition) is 2. The Morgan fingerprint density at radius 2 is 1.89 bits per heavy atom. The number of anilines is 2. The maximum Gasteiger partial charge on any atom is 0.252 e. The fraction of sp³-hybridized carbons (Fsp3) is 0.150. The van der Waals surface area contributed by atoms with Crippen LogP contribution in [-0.2, 0) is 4.79 Å². The number of benzene rings is 2. The van der Waals surface area contributed by atoms with E-state index in [4.69, 9.17) is 8.94 Å². The van der Waals surface area contributed by atoms with Crippen molar-refractivity contribution < 1.29 is 13.7 Å². The summed E-state index contributed by atoms with van der Waals surface area (Å²) in [5.41, 5.74) is 3.02. The number of carbonyl (C=O) groups is 1. The minimum absolute atomic E-state index is 0.245. The highest BCUT2D eigenvalue weighted by molar-refractivity contribution is 5.96. The average molecular weight is 362 g/mol. The first-order valence-corrected chi connectivity index (χ1v) is 8.51. The van der Waals surface area contributed by atoms with Crippen molar-refractivity contribution in [3.8, 4) is 0 Å². The highest BCUT2D eigenvalue weighted by Gasteiger charge is 2.22. The second-order valence-corrected chi connectivity index (χ2v) is 6.22. The first-order valence-electron chi connectivity index (χ1n) is 8.51. The number of oxazole rings is 1. The van der Waals surface area contributed by atoms with Gasteiger partial charge in [0.1, 0.15) is 17.3 Å². The molecular formula is C20H18N4O3. The van der Waals surface area contributed by atoms with Gasteiger partial charge >= 0.3 is 0 Å². The molecule has 0 saturated carbocycles. The Balaban J connectivity index is 1.63. The zero-order valence-corrected chi connectivity index (χ0v) is 14.9. The molecule has 0 unspecified atom stereocenters. The van der Waals surface area contributed by atoms with Crippen molar-refractivity contribution in [3.05, 3.63) is 71.8 Å². The van der Waals surface area contributed by atoms with Gasteiger partial charge in [-0.05, 0) is 30.7 Å². The molecule has 27 heavy (non-hydrogen) atoms. The standard InChI is InChI=1S/C20H18N4O3/c1-12-10-18(24-27-12)23-20(25)19(14-6-4-3-5-7-14)22-15-8-9-17-16(11-15)21-13(2)26-17/h3-11,19,22H,1-2H3,(H,23,24,25)/t19-/m0/s1. The van der Waals surface area contributed by atoms with Crippen molar-refractivity contribution in [1.29, 1.82) is 0 Å². The number of aromatic nitrogens is 2. The van der Waals surface area contributed by atoms with Crippen molar-refractivity contribution >= 4 is 28.5 Å². The van der Waals surface area contributed by atoms with Gasteiger partial charge in [0, 0.05) is 18.7 Å². The lowest BCUT2D eigenvalue weighted by molar-refractivity contribution is -0.117. The molecule has 4 rings (SSSR count). The molecule has 0 radical (unpaired) electrons. The molecule has 2 N–H and O–H groups in total. The molecule has 2 heterocycles. The van der Waals surface area contributed by atoms with Crippen molar-refractivity contribution in [2.75, 3.05) is 10.6 Å². The number of hydrogen-bond acceptors (Lipinski definition) is 6. The van der Waals surface area contributed by atoms with Gasteiger partial charge in [0.2, 0.25) is 0 Å². The summed E-state index contributed by atoms with van der Waals surface area (Å²) in [5, 5.41) is 9.88. The number of rotatable bonds is 5. The fourth-order valence-electron chi connectivity index (χ4n) is 2.87. The molecule has 1 atom stereocenters. The van der Waals surface area contributed by atoms with E-state index in [1.54, 1.807) is 19.9 Å². The van der Waals surface area contributed by atoms with Crippen LogP contribution in [0.1, 0.15) is 23.3 Å². The highest BCUT2D eigenvalue weighted by atomic mass is 16.5. The van der Waals surface area contributed by atoms with Gasteiger partial charge in [-0.1, -0.05) is 35.5 Å². The normalized spacial score (nSPS) is 12.1. The summed E-state index contributed by atoms with van der Waals surface area (Å²) < 4.78 is 10.5. The quantitative estimate of drug-likeness (QED) is 0.552. The third kappa shape index (κ3) is 3.67. The van der Waals surface area contributed by atoms with Crippen LogP contribution in [0.4, 0.5) is 11.5 Å². The SMILES string of the molecule is Cc1cc(NC(=O)[C@@H](Nc2ccc3oc(C)nc3c2)c2ccccc2)no1. The number of carbonyl (C=O) groups excluding carboxylic acids is 1. The minimum Gasteiger partial charge on any atom is -0.441 e. The van der Waals surface area contributed by atoms with Gasteiger partial charge in [0.25, 0.3) is 5.91 Å². The van der Waals surface area contributed by atoms with Crippen LogP contribution in [-0.4, -0.2) is 16.0 Å². The molecule has 2 aromatic carbocycles. The van der Waals surface area contributed by atoms with Crippen LogP contribution in [0.3, 0.4) is 0 Å². The molecule has 0 aliphatic heterocycles. The summed E-state index contributed by atoms with van der Waals surface area (Å²) in [6.07, 6.45) is 0. The van der Waals surface area contributed by atoms with Gasteiger partial charge < -0.3 is 19.6 Å². The smallest absolute Gasteiger partial charge is 0.252 e. The molecule has 0 fully saturated rings. The number of nitrogens with zero attached hydrogens (tertiary/aromatic N) is 2. The third-order valence-corrected chi connectivity index (χ3v) is 4.08. The Morgan fingerprint density at radius 3 is 2.63 bits per heavy atom. The minimum atomic E-state index is -0.617. The fourth-order valence-corrected chi connectivity index (χ4v) is 2.87. The third-order valence-electron chi connectivity index (χ3n) is 4.08. The molecule has 0 aliphatic carbocycles. The van der Waals surface area contributed by atoms with Gasteiger partial charge in [-0.2, -0.15) is 0 Å². The lowest BCUT2D eigenvalue weighted by atomic mass is 10.1. The van der Waals surface area contributed by atoms with Crippen molar-refractivity contribution in [2.45, 2.75) is 19.9 Å². The maximum absolute atomic E-state index is 12.9. The van der Waals surface area contributed by atoms with Crippen LogP contribution in [0.15, 0.2) is 63.5 Å². The summed E-state index contributed by atoms with van der Waals surface area (Å²) >= 11 is 0. The Labute approximate surface area is 155 Å². The van der Waals surface area contributed by atoms with Gasteiger partial charge in [-0.25, -0.2) is 4.98 Å². The first-order chi connectivity index (χ1) is 13.1. The Hall–Kier alpha value is -3.61. The molecule has 136 valence electrons. The zero-order valence-electron chi connectivity index (χ0n) is 14.9. The monoisotopic (exact) mass is 362 g/mol. The predicted molar refractivity (Wildman–Crippen MR) is 101 cm³/mol. The number of aryl methyl sites for hydroxylation is 2. The summed E-state index contributed by atoms with van der Waals surface area (Å²) in [5.74, 6) is 1.36. The summed E-state index contributed by atoms with van der Waals surface area (Å²) in [7, 11) is 0. The first kappa shape index (κ1) is 16.8. The molecule has 7 heteroatoms. The van der Waals surface area contributed by atoms with E-state index < -0.39 is 6.04 Å². The second-order valence-electron chi connectivity index (χ2n) is 6.22. The van der Waals surface area contributed by atoms with E-state index in [1.807, 2.05) is 48.5 Å². The number of amides is 1. The molecule has 0 aliphatic rings. The molecule has 7 nitrogen and oxygen atoms in total. The van der Waals surface area contributed by atoms with E-state index in [-0.39, 0.29) is 5.91 Å². The number of fused-ring (bicyclic) bond motifs is 1. The van der Waals surface area contributed by atoms with E-state index in [1.165, 1.54) is 0 Å². The largest absolute Gasteiger partial charge is 0.441 e. The molecule has 1 amide bonds. The molecule has 0 spiro atoms. The lowest BCUT2D eigenvalue weighted by Gasteiger charge is -2.19. The van der Waals surface area contributed by atoms with E-state index in [0.29, 0.717) is 23.1 Å². The van der Waals surface area contributed by atoms with E-state index >= 15 is 0 Å².